The van der Waals surface area contributed by atoms with Gasteiger partial charge in [0.05, 0.1) is 26.1 Å². The summed E-state index contributed by atoms with van der Waals surface area (Å²) in [6.07, 6.45) is 32.6. The smallest absolute Gasteiger partial charge is 0.307 e. The summed E-state index contributed by atoms with van der Waals surface area (Å²) < 4.78 is 22.3. The lowest BCUT2D eigenvalue weighted by Gasteiger charge is -2.16. The van der Waals surface area contributed by atoms with Crippen molar-refractivity contribution < 1.29 is 28.5 Å². The van der Waals surface area contributed by atoms with Gasteiger partial charge in [-0.2, -0.15) is 0 Å². The van der Waals surface area contributed by atoms with Gasteiger partial charge in [0.1, 0.15) is 0 Å². The van der Waals surface area contributed by atoms with Crippen LogP contribution >= 0.6 is 0 Å². The van der Waals surface area contributed by atoms with E-state index in [1.807, 2.05) is 0 Å². The highest BCUT2D eigenvalue weighted by atomic mass is 16.5. The molecule has 0 aromatic heterocycles. The average molecular weight is 770 g/mol. The lowest BCUT2D eigenvalue weighted by molar-refractivity contribution is -0.144. The third-order valence-corrected chi connectivity index (χ3v) is 9.98. The quantitative estimate of drug-likeness (QED) is 0.0463. The van der Waals surface area contributed by atoms with E-state index in [4.69, 9.17) is 18.9 Å². The Balaban J connectivity index is 3.31. The fourth-order valence-electron chi connectivity index (χ4n) is 6.41. The number of nitrogens with one attached hydrogen (secondary N) is 2. The van der Waals surface area contributed by atoms with Crippen molar-refractivity contribution in [2.24, 2.45) is 0 Å². The molecule has 0 aliphatic heterocycles. The van der Waals surface area contributed by atoms with Crippen molar-refractivity contribution in [3.8, 4) is 0 Å². The molecule has 0 saturated heterocycles. The predicted octanol–water partition coefficient (Wildman–Crippen LogP) is 10.2. The molecule has 0 aliphatic rings. The van der Waals surface area contributed by atoms with Gasteiger partial charge in [0, 0.05) is 39.5 Å². The van der Waals surface area contributed by atoms with Gasteiger partial charge in [-0.3, -0.25) is 9.59 Å². The molecular formula is C45H91N3O6. The Hall–Kier alpha value is -1.26. The monoisotopic (exact) mass is 770 g/mol. The molecule has 0 spiro atoms. The maximum absolute atomic E-state index is 12.0. The van der Waals surface area contributed by atoms with Crippen LogP contribution in [-0.4, -0.2) is 103 Å². The normalized spacial score (nSPS) is 11.5. The Morgan fingerprint density at radius 3 is 1.02 bits per heavy atom. The minimum Gasteiger partial charge on any atom is -0.466 e. The van der Waals surface area contributed by atoms with Crippen LogP contribution in [0.3, 0.4) is 0 Å². The highest BCUT2D eigenvalue weighted by Gasteiger charge is 2.05. The van der Waals surface area contributed by atoms with E-state index in [1.54, 1.807) is 0 Å². The van der Waals surface area contributed by atoms with Crippen molar-refractivity contribution in [1.29, 1.82) is 0 Å². The summed E-state index contributed by atoms with van der Waals surface area (Å²) in [4.78, 5) is 26.3. The number of ether oxygens (including phenoxy) is 4. The number of nitrogens with zero attached hydrogens (tertiary/aromatic N) is 1. The first kappa shape index (κ1) is 52.7. The third-order valence-electron chi connectivity index (χ3n) is 9.98. The van der Waals surface area contributed by atoms with Gasteiger partial charge in [-0.05, 0) is 84.6 Å². The minimum absolute atomic E-state index is 0.0975. The van der Waals surface area contributed by atoms with E-state index < -0.39 is 0 Å². The molecule has 9 nitrogen and oxygen atoms in total. The van der Waals surface area contributed by atoms with Crippen LogP contribution in [0.2, 0.25) is 0 Å². The van der Waals surface area contributed by atoms with Gasteiger partial charge in [0.25, 0.3) is 0 Å². The molecule has 0 saturated carbocycles. The summed E-state index contributed by atoms with van der Waals surface area (Å²) in [6.45, 7) is 14.4. The Morgan fingerprint density at radius 1 is 0.389 bits per heavy atom. The first-order valence-corrected chi connectivity index (χ1v) is 23.2. The molecule has 322 valence electrons. The third kappa shape index (κ3) is 45.1. The molecular weight excluding hydrogens is 679 g/mol. The zero-order valence-electron chi connectivity index (χ0n) is 36.2. The van der Waals surface area contributed by atoms with Crippen LogP contribution in [0.25, 0.3) is 0 Å². The van der Waals surface area contributed by atoms with E-state index >= 15 is 0 Å². The Kier molecular flexibility index (Phi) is 45.0. The summed E-state index contributed by atoms with van der Waals surface area (Å²) in [5.74, 6) is -0.195. The molecule has 0 radical (unpaired) electrons. The van der Waals surface area contributed by atoms with Crippen LogP contribution < -0.4 is 10.6 Å². The molecule has 0 aromatic rings. The largest absolute Gasteiger partial charge is 0.466 e. The van der Waals surface area contributed by atoms with Crippen LogP contribution in [0.5, 0.6) is 0 Å². The van der Waals surface area contributed by atoms with E-state index in [0.29, 0.717) is 39.1 Å². The molecule has 0 fully saturated rings. The number of carbonyl (C=O) groups is 2. The van der Waals surface area contributed by atoms with Crippen molar-refractivity contribution in [2.75, 3.05) is 86.0 Å². The Labute approximate surface area is 334 Å². The summed E-state index contributed by atoms with van der Waals surface area (Å²) in [7, 11) is 2.15. The molecule has 54 heavy (non-hydrogen) atoms. The van der Waals surface area contributed by atoms with Crippen molar-refractivity contribution in [1.82, 2.24) is 15.5 Å². The van der Waals surface area contributed by atoms with Crippen molar-refractivity contribution in [2.45, 2.75) is 194 Å². The average Bonchev–Trinajstić information content (AvgIpc) is 3.17. The van der Waals surface area contributed by atoms with Crippen molar-refractivity contribution in [3.05, 3.63) is 0 Å². The van der Waals surface area contributed by atoms with E-state index in [0.717, 1.165) is 104 Å². The maximum Gasteiger partial charge on any atom is 0.307 e. The first-order valence-electron chi connectivity index (χ1n) is 23.2. The van der Waals surface area contributed by atoms with Gasteiger partial charge < -0.3 is 34.5 Å². The van der Waals surface area contributed by atoms with Gasteiger partial charge in [-0.25, -0.2) is 0 Å². The van der Waals surface area contributed by atoms with Crippen molar-refractivity contribution in [3.63, 3.8) is 0 Å². The van der Waals surface area contributed by atoms with Crippen LogP contribution in [0.4, 0.5) is 0 Å². The highest BCUT2D eigenvalue weighted by molar-refractivity contribution is 5.69. The molecule has 0 aromatic carbocycles. The lowest BCUT2D eigenvalue weighted by Crippen LogP contribution is -2.28. The van der Waals surface area contributed by atoms with E-state index in [2.05, 4.69) is 36.4 Å². The van der Waals surface area contributed by atoms with Gasteiger partial charge in [0.2, 0.25) is 0 Å². The molecule has 9 heteroatoms. The molecule has 0 heterocycles. The number of carbonyl (C=O) groups excluding carboxylic acids is 2. The number of unbranched alkanes of at least 4 members (excludes halogenated alkanes) is 20. The number of hydrogen-bond acceptors (Lipinski definition) is 9. The fourth-order valence-corrected chi connectivity index (χ4v) is 6.41. The molecule has 0 atom stereocenters. The van der Waals surface area contributed by atoms with Gasteiger partial charge in [-0.1, -0.05) is 129 Å². The van der Waals surface area contributed by atoms with E-state index in [9.17, 15) is 9.59 Å². The molecule has 0 bridgehead atoms. The maximum atomic E-state index is 12.0. The summed E-state index contributed by atoms with van der Waals surface area (Å²) in [5, 5.41) is 6.74. The highest BCUT2D eigenvalue weighted by Crippen LogP contribution is 2.09. The van der Waals surface area contributed by atoms with E-state index in [1.165, 1.54) is 116 Å². The zero-order chi connectivity index (χ0) is 39.3. The number of esters is 2. The SMILES string of the molecule is CCCCCCCCOCCCCCCCCOC(=O)CCNCCCN(C)CCCNCCC(=O)OCCCCCCCCOCCCCCCCC. The second-order valence-corrected chi connectivity index (χ2v) is 15.5. The van der Waals surface area contributed by atoms with Gasteiger partial charge in [0.15, 0.2) is 0 Å². The Bertz CT molecular complexity index is 699. The zero-order valence-corrected chi connectivity index (χ0v) is 36.2. The first-order chi connectivity index (χ1) is 26.6. The fraction of sp³-hybridized carbons (Fsp3) is 0.956. The van der Waals surface area contributed by atoms with E-state index in [-0.39, 0.29) is 11.9 Å². The van der Waals surface area contributed by atoms with Crippen LogP contribution in [-0.2, 0) is 28.5 Å². The summed E-state index contributed by atoms with van der Waals surface area (Å²) in [6, 6.07) is 0. The van der Waals surface area contributed by atoms with Crippen molar-refractivity contribution >= 4 is 11.9 Å². The number of rotatable bonds is 46. The standard InChI is InChI=1S/C45H91N3O6/c1-4-6-8-10-16-22-38-51-40-24-18-12-14-20-26-42-53-44(49)30-34-46-32-28-36-48(3)37-29-33-47-35-31-45(50)54-43-27-21-15-13-19-25-41-52-39-23-17-11-9-7-5-2/h46-47H,4-43H2,1-3H3. The molecule has 0 unspecified atom stereocenters. The number of hydrogen-bond donors (Lipinski definition) is 2. The van der Waals surface area contributed by atoms with Crippen LogP contribution in [0, 0.1) is 0 Å². The molecule has 0 aliphatic carbocycles. The minimum atomic E-state index is -0.0975. The topological polar surface area (TPSA) is 98.4 Å². The second kappa shape index (κ2) is 46.1. The van der Waals surface area contributed by atoms with Crippen LogP contribution in [0.1, 0.15) is 194 Å². The lowest BCUT2D eigenvalue weighted by atomic mass is 10.1. The second-order valence-electron chi connectivity index (χ2n) is 15.5. The van der Waals surface area contributed by atoms with Crippen LogP contribution in [0.15, 0.2) is 0 Å². The molecule has 0 rings (SSSR count). The summed E-state index contributed by atoms with van der Waals surface area (Å²) in [5.41, 5.74) is 0. The Morgan fingerprint density at radius 2 is 0.685 bits per heavy atom. The van der Waals surface area contributed by atoms with Gasteiger partial charge >= 0.3 is 11.9 Å². The summed E-state index contributed by atoms with van der Waals surface area (Å²) >= 11 is 0. The predicted molar refractivity (Wildman–Crippen MR) is 227 cm³/mol. The molecule has 0 amide bonds. The molecule has 2 N–H and O–H groups in total. The van der Waals surface area contributed by atoms with Gasteiger partial charge in [-0.15, -0.1) is 0 Å².